The van der Waals surface area contributed by atoms with Crippen molar-refractivity contribution in [2.45, 2.75) is 59.2 Å². The van der Waals surface area contributed by atoms with Crippen LogP contribution in [0.3, 0.4) is 0 Å². The Bertz CT molecular complexity index is 1770. The maximum atomic E-state index is 15.6. The zero-order valence-corrected chi connectivity index (χ0v) is 27.0. The molecule has 1 atom stereocenters. The van der Waals surface area contributed by atoms with E-state index in [1.807, 2.05) is 6.92 Å². The predicted octanol–water partition coefficient (Wildman–Crippen LogP) is 3.98. The fourth-order valence-electron chi connectivity index (χ4n) is 6.16. The molecular formula is C31H39FN4O7S. The van der Waals surface area contributed by atoms with E-state index in [0.717, 1.165) is 23.8 Å². The Morgan fingerprint density at radius 1 is 1.14 bits per heavy atom. The number of carbonyl (C=O) groups is 2. The van der Waals surface area contributed by atoms with Gasteiger partial charge in [-0.2, -0.15) is 4.31 Å². The van der Waals surface area contributed by atoms with Gasteiger partial charge in [0.1, 0.15) is 11.3 Å². The molecule has 2 aliphatic heterocycles. The van der Waals surface area contributed by atoms with Gasteiger partial charge < -0.3 is 24.0 Å². The first-order valence-corrected chi connectivity index (χ1v) is 16.4. The zero-order valence-electron chi connectivity index (χ0n) is 26.2. The standard InChI is InChI=1S/C31H39FN4O7S/c1-17-19-9-8-14-42-26(19)22(32)15-20(17)25-21-16-23(29(37)35-10-12-36(13-11-35)44(7,40)41)34(6)28(21)33-18(2)24(25)27(30(38)39)43-31(3,4)5/h15-16,27H,8-14H2,1-7H3,(H,38,39)/t27-/m0/s1. The summed E-state index contributed by atoms with van der Waals surface area (Å²) >= 11 is 0. The second kappa shape index (κ2) is 11.4. The first-order valence-electron chi connectivity index (χ1n) is 14.6. The maximum Gasteiger partial charge on any atom is 0.337 e. The average Bonchev–Trinajstić information content (AvgIpc) is 3.27. The number of ether oxygens (including phenoxy) is 2. The van der Waals surface area contributed by atoms with E-state index >= 15 is 4.39 Å². The number of piperazine rings is 1. The molecule has 1 N–H and O–H groups in total. The summed E-state index contributed by atoms with van der Waals surface area (Å²) in [6.45, 7) is 10.0. The number of pyridine rings is 1. The Hall–Kier alpha value is -3.55. The minimum absolute atomic E-state index is 0.182. The Morgan fingerprint density at radius 3 is 2.39 bits per heavy atom. The Balaban J connectivity index is 1.75. The number of amides is 1. The summed E-state index contributed by atoms with van der Waals surface area (Å²) < 4.78 is 54.4. The normalized spacial score (nSPS) is 17.0. The van der Waals surface area contributed by atoms with Crippen molar-refractivity contribution in [2.75, 3.05) is 39.0 Å². The minimum Gasteiger partial charge on any atom is -0.490 e. The van der Waals surface area contributed by atoms with Gasteiger partial charge in [-0.1, -0.05) is 0 Å². The quantitative estimate of drug-likeness (QED) is 0.433. The van der Waals surface area contributed by atoms with Gasteiger partial charge in [-0.25, -0.2) is 22.6 Å². The highest BCUT2D eigenvalue weighted by Crippen LogP contribution is 2.45. The van der Waals surface area contributed by atoms with E-state index in [9.17, 15) is 23.1 Å². The summed E-state index contributed by atoms with van der Waals surface area (Å²) in [4.78, 5) is 32.9. The molecule has 0 bridgehead atoms. The molecule has 1 fully saturated rings. The molecule has 11 nitrogen and oxygen atoms in total. The number of rotatable bonds is 6. The van der Waals surface area contributed by atoms with E-state index in [4.69, 9.17) is 14.5 Å². The number of aromatic nitrogens is 2. The van der Waals surface area contributed by atoms with Crippen LogP contribution < -0.4 is 4.74 Å². The highest BCUT2D eigenvalue weighted by molar-refractivity contribution is 7.88. The van der Waals surface area contributed by atoms with Gasteiger partial charge in [0.25, 0.3) is 5.91 Å². The van der Waals surface area contributed by atoms with Crippen molar-refractivity contribution >= 4 is 32.9 Å². The molecule has 0 saturated carbocycles. The van der Waals surface area contributed by atoms with E-state index in [0.29, 0.717) is 46.6 Å². The fraction of sp³-hybridized carbons (Fsp3) is 0.516. The Kier molecular flexibility index (Phi) is 8.27. The summed E-state index contributed by atoms with van der Waals surface area (Å²) in [5.41, 5.74) is 2.93. The van der Waals surface area contributed by atoms with Gasteiger partial charge in [-0.3, -0.25) is 4.79 Å². The molecule has 1 amide bonds. The molecule has 2 aromatic heterocycles. The number of halogens is 1. The van der Waals surface area contributed by atoms with Crippen molar-refractivity contribution in [3.05, 3.63) is 46.0 Å². The van der Waals surface area contributed by atoms with Crippen LogP contribution in [0, 0.1) is 19.7 Å². The summed E-state index contributed by atoms with van der Waals surface area (Å²) in [5.74, 6) is -1.88. The van der Waals surface area contributed by atoms with Gasteiger partial charge in [0.15, 0.2) is 17.7 Å². The summed E-state index contributed by atoms with van der Waals surface area (Å²) in [5, 5.41) is 10.9. The highest BCUT2D eigenvalue weighted by Gasteiger charge is 2.35. The van der Waals surface area contributed by atoms with Gasteiger partial charge in [0.05, 0.1) is 18.5 Å². The third-order valence-electron chi connectivity index (χ3n) is 8.28. The van der Waals surface area contributed by atoms with Crippen LogP contribution in [-0.4, -0.2) is 88.8 Å². The highest BCUT2D eigenvalue weighted by atomic mass is 32.2. The van der Waals surface area contributed by atoms with Gasteiger partial charge in [-0.15, -0.1) is 0 Å². The number of carbonyl (C=O) groups excluding carboxylic acids is 1. The zero-order chi connectivity index (χ0) is 32.3. The van der Waals surface area contributed by atoms with E-state index < -0.39 is 33.5 Å². The van der Waals surface area contributed by atoms with Crippen molar-refractivity contribution in [1.82, 2.24) is 18.8 Å². The Morgan fingerprint density at radius 2 is 1.80 bits per heavy atom. The first-order chi connectivity index (χ1) is 20.5. The third-order valence-corrected chi connectivity index (χ3v) is 9.58. The molecular weight excluding hydrogens is 591 g/mol. The van der Waals surface area contributed by atoms with E-state index in [1.54, 1.807) is 50.3 Å². The molecule has 44 heavy (non-hydrogen) atoms. The molecule has 0 aliphatic carbocycles. The minimum atomic E-state index is -3.38. The third kappa shape index (κ3) is 5.80. The van der Waals surface area contributed by atoms with Crippen molar-refractivity contribution in [3.8, 4) is 16.9 Å². The summed E-state index contributed by atoms with van der Waals surface area (Å²) in [6.07, 6.45) is 1.04. The lowest BCUT2D eigenvalue weighted by Crippen LogP contribution is -2.50. The molecule has 0 unspecified atom stereocenters. The number of hydrogen-bond acceptors (Lipinski definition) is 7. The van der Waals surface area contributed by atoms with Crippen LogP contribution in [0.25, 0.3) is 22.2 Å². The molecule has 0 spiro atoms. The maximum absolute atomic E-state index is 15.6. The molecule has 0 radical (unpaired) electrons. The number of carboxylic acid groups (broad SMARTS) is 1. The van der Waals surface area contributed by atoms with Gasteiger partial charge in [0.2, 0.25) is 10.0 Å². The number of aliphatic carboxylic acids is 1. The van der Waals surface area contributed by atoms with Crippen LogP contribution in [-0.2, 0) is 33.0 Å². The monoisotopic (exact) mass is 630 g/mol. The van der Waals surface area contributed by atoms with Crippen LogP contribution in [0.5, 0.6) is 5.75 Å². The van der Waals surface area contributed by atoms with Crippen molar-refractivity contribution in [2.24, 2.45) is 7.05 Å². The van der Waals surface area contributed by atoms with Crippen molar-refractivity contribution < 1.29 is 37.0 Å². The topological polar surface area (TPSA) is 131 Å². The number of nitrogens with zero attached hydrogens (tertiary/aromatic N) is 4. The van der Waals surface area contributed by atoms with Crippen LogP contribution in [0.15, 0.2) is 12.1 Å². The van der Waals surface area contributed by atoms with Crippen LogP contribution >= 0.6 is 0 Å². The second-order valence-corrected chi connectivity index (χ2v) is 14.5. The number of carboxylic acids is 1. The molecule has 5 rings (SSSR count). The lowest BCUT2D eigenvalue weighted by atomic mass is 9.86. The largest absolute Gasteiger partial charge is 0.490 e. The second-order valence-electron chi connectivity index (χ2n) is 12.5. The van der Waals surface area contributed by atoms with Gasteiger partial charge in [-0.05, 0) is 70.7 Å². The average molecular weight is 631 g/mol. The SMILES string of the molecule is Cc1nc2c(cc(C(=O)N3CCN(S(C)(=O)=O)CC3)n2C)c(-c2cc(F)c3c(c2C)CCCO3)c1[C@H](OC(C)(C)C)C(=O)O. The molecule has 1 saturated heterocycles. The van der Waals surface area contributed by atoms with Gasteiger partial charge >= 0.3 is 5.97 Å². The molecule has 3 aromatic rings. The van der Waals surface area contributed by atoms with E-state index in [2.05, 4.69) is 0 Å². The molecule has 2 aliphatic rings. The van der Waals surface area contributed by atoms with Gasteiger partial charge in [0, 0.05) is 61.0 Å². The van der Waals surface area contributed by atoms with E-state index in [-0.39, 0.29) is 43.4 Å². The van der Waals surface area contributed by atoms with Crippen molar-refractivity contribution in [3.63, 3.8) is 0 Å². The van der Waals surface area contributed by atoms with E-state index in [1.165, 1.54) is 10.4 Å². The number of aryl methyl sites for hydroxylation is 2. The van der Waals surface area contributed by atoms with Crippen LogP contribution in [0.1, 0.15) is 66.2 Å². The number of sulfonamides is 1. The summed E-state index contributed by atoms with van der Waals surface area (Å²) in [6, 6.07) is 3.03. The predicted molar refractivity (Wildman–Crippen MR) is 163 cm³/mol. The molecule has 238 valence electrons. The first kappa shape index (κ1) is 31.9. The number of hydrogen-bond donors (Lipinski definition) is 1. The molecule has 13 heteroatoms. The number of fused-ring (bicyclic) bond motifs is 2. The summed E-state index contributed by atoms with van der Waals surface area (Å²) in [7, 11) is -1.68. The number of benzene rings is 1. The molecule has 1 aromatic carbocycles. The lowest BCUT2D eigenvalue weighted by Gasteiger charge is -2.33. The Labute approximate surface area is 256 Å². The van der Waals surface area contributed by atoms with Crippen LogP contribution in [0.2, 0.25) is 0 Å². The van der Waals surface area contributed by atoms with Crippen molar-refractivity contribution in [1.29, 1.82) is 0 Å². The lowest BCUT2D eigenvalue weighted by molar-refractivity contribution is -0.160. The smallest absolute Gasteiger partial charge is 0.337 e. The van der Waals surface area contributed by atoms with Crippen LogP contribution in [0.4, 0.5) is 4.39 Å². The fourth-order valence-corrected chi connectivity index (χ4v) is 6.99. The molecule has 4 heterocycles.